The molecule has 0 unspecified atom stereocenters. The second-order valence-corrected chi connectivity index (χ2v) is 7.92. The van der Waals surface area contributed by atoms with Crippen LogP contribution in [0.3, 0.4) is 0 Å². The first-order valence-corrected chi connectivity index (χ1v) is 10.9. The Kier molecular flexibility index (Phi) is 10.1. The van der Waals surface area contributed by atoms with Gasteiger partial charge in [0.25, 0.3) is 11.8 Å². The van der Waals surface area contributed by atoms with Crippen LogP contribution in [0.4, 0.5) is 0 Å². The molecule has 35 heavy (non-hydrogen) atoms. The molecule has 0 bridgehead atoms. The van der Waals surface area contributed by atoms with Crippen LogP contribution in [-0.2, 0) is 20.9 Å². The molecule has 2 aromatic carbocycles. The zero-order chi connectivity index (χ0) is 26.0. The fourth-order valence-corrected chi connectivity index (χ4v) is 3.16. The topological polar surface area (TPSA) is 136 Å². The summed E-state index contributed by atoms with van der Waals surface area (Å²) in [6.45, 7) is 0.156. The van der Waals surface area contributed by atoms with Gasteiger partial charge in [-0.15, -0.1) is 0 Å². The fourth-order valence-electron chi connectivity index (χ4n) is 3.16. The third kappa shape index (κ3) is 6.74. The van der Waals surface area contributed by atoms with Gasteiger partial charge in [-0.1, -0.05) is 24.0 Å². The average molecular weight is 483 g/mol. The number of hydrogen-bond acceptors (Lipinski definition) is 7. The molecule has 0 aliphatic carbocycles. The summed E-state index contributed by atoms with van der Waals surface area (Å²) in [6.07, 6.45) is -0.614. The number of carbonyl (C=O) groups is 3. The van der Waals surface area contributed by atoms with Crippen LogP contribution in [0.25, 0.3) is 0 Å². The summed E-state index contributed by atoms with van der Waals surface area (Å²) in [5.74, 6) is 3.98. The van der Waals surface area contributed by atoms with Crippen molar-refractivity contribution in [1.82, 2.24) is 10.2 Å². The molecule has 9 heteroatoms. The smallest absolute Gasteiger partial charge is 0.254 e. The number of benzene rings is 2. The average Bonchev–Trinajstić information content (AvgIpc) is 2.91. The maximum atomic E-state index is 12.9. The summed E-state index contributed by atoms with van der Waals surface area (Å²) in [4.78, 5) is 38.5. The largest absolute Gasteiger partial charge is 0.394 e. The Labute approximate surface area is 204 Å². The molecular formula is C26H30N2O7. The fraction of sp³-hybridized carbons (Fsp3) is 0.346. The summed E-state index contributed by atoms with van der Waals surface area (Å²) < 4.78 is 5.38. The molecule has 0 radical (unpaired) electrons. The van der Waals surface area contributed by atoms with Crippen molar-refractivity contribution in [3.8, 4) is 11.8 Å². The number of ether oxygens (including phenoxy) is 1. The molecule has 0 aliphatic rings. The van der Waals surface area contributed by atoms with Gasteiger partial charge in [0.15, 0.2) is 11.3 Å². The van der Waals surface area contributed by atoms with Crippen LogP contribution < -0.4 is 5.32 Å². The molecule has 0 saturated carbocycles. The van der Waals surface area contributed by atoms with Crippen molar-refractivity contribution in [1.29, 1.82) is 0 Å². The second kappa shape index (κ2) is 12.8. The number of hydrogen-bond donors (Lipinski definition) is 4. The minimum absolute atomic E-state index is 0.255. The summed E-state index contributed by atoms with van der Waals surface area (Å²) in [6, 6.07) is 13.7. The number of Topliss-reactive ketones (excluding diaryl/α,β-unsaturated/α-hetero) is 1. The van der Waals surface area contributed by atoms with Crippen molar-refractivity contribution in [3.05, 3.63) is 70.8 Å². The highest BCUT2D eigenvalue weighted by atomic mass is 16.5. The van der Waals surface area contributed by atoms with Gasteiger partial charge in [0, 0.05) is 30.8 Å². The summed E-state index contributed by atoms with van der Waals surface area (Å²) in [5.41, 5.74) is 0.697. The molecule has 2 rings (SSSR count). The normalized spacial score (nSPS) is 12.3. The number of ketones is 1. The van der Waals surface area contributed by atoms with Crippen LogP contribution in [0.15, 0.2) is 48.5 Å². The van der Waals surface area contributed by atoms with E-state index < -0.39 is 35.8 Å². The van der Waals surface area contributed by atoms with Crippen LogP contribution >= 0.6 is 0 Å². The molecule has 2 aromatic rings. The van der Waals surface area contributed by atoms with Crippen molar-refractivity contribution < 1.29 is 34.4 Å². The van der Waals surface area contributed by atoms with Gasteiger partial charge >= 0.3 is 0 Å². The summed E-state index contributed by atoms with van der Waals surface area (Å²) >= 11 is 0. The second-order valence-electron chi connectivity index (χ2n) is 7.92. The Morgan fingerprint density at radius 3 is 1.94 bits per heavy atom. The summed E-state index contributed by atoms with van der Waals surface area (Å²) in [5, 5.41) is 29.7. The SMILES string of the molecule is CNC(=O)[C@@](C)(C(=O)CO)N(C)C(=O)c1ccc(C#Cc2ccc(COC(CO)CO)cc2)cc1. The van der Waals surface area contributed by atoms with E-state index in [0.29, 0.717) is 5.56 Å². The molecule has 4 N–H and O–H groups in total. The monoisotopic (exact) mass is 482 g/mol. The zero-order valence-electron chi connectivity index (χ0n) is 19.9. The minimum Gasteiger partial charge on any atom is -0.394 e. The van der Waals surface area contributed by atoms with E-state index >= 15 is 0 Å². The Hall–Kier alpha value is -3.55. The highest BCUT2D eigenvalue weighted by Gasteiger charge is 2.46. The third-order valence-electron chi connectivity index (χ3n) is 5.66. The number of aliphatic hydroxyl groups excluding tert-OH is 3. The standard InChI is InChI=1S/C26H30N2O7/c1-26(23(32)16-31,25(34)27-2)28(3)24(33)21-12-10-19(11-13-21)5-4-18-6-8-20(9-7-18)17-35-22(14-29)15-30/h6-13,22,29-31H,14-17H2,1-3H3,(H,27,34)/t26-/m1/s1. The lowest BCUT2D eigenvalue weighted by atomic mass is 9.92. The van der Waals surface area contributed by atoms with E-state index in [-0.39, 0.29) is 25.4 Å². The van der Waals surface area contributed by atoms with Crippen molar-refractivity contribution in [3.63, 3.8) is 0 Å². The lowest BCUT2D eigenvalue weighted by molar-refractivity contribution is -0.143. The number of likely N-dealkylation sites (N-methyl/N-ethyl adjacent to an activating group) is 2. The van der Waals surface area contributed by atoms with E-state index in [2.05, 4.69) is 17.2 Å². The van der Waals surface area contributed by atoms with Crippen LogP contribution in [0.2, 0.25) is 0 Å². The molecular weight excluding hydrogens is 452 g/mol. The van der Waals surface area contributed by atoms with Crippen LogP contribution in [0.5, 0.6) is 0 Å². The van der Waals surface area contributed by atoms with Gasteiger partial charge in [-0.25, -0.2) is 0 Å². The molecule has 2 amide bonds. The van der Waals surface area contributed by atoms with E-state index in [1.54, 1.807) is 24.3 Å². The Balaban J connectivity index is 2.10. The zero-order valence-corrected chi connectivity index (χ0v) is 19.9. The van der Waals surface area contributed by atoms with Crippen molar-refractivity contribution in [2.75, 3.05) is 33.9 Å². The van der Waals surface area contributed by atoms with Gasteiger partial charge in [0.1, 0.15) is 12.7 Å². The highest BCUT2D eigenvalue weighted by Crippen LogP contribution is 2.19. The molecule has 0 aromatic heterocycles. The summed E-state index contributed by atoms with van der Waals surface area (Å²) in [7, 11) is 2.68. The van der Waals surface area contributed by atoms with Gasteiger partial charge in [-0.2, -0.15) is 0 Å². The quantitative estimate of drug-likeness (QED) is 0.278. The van der Waals surface area contributed by atoms with Gasteiger partial charge in [0.2, 0.25) is 0 Å². The van der Waals surface area contributed by atoms with E-state index in [1.165, 1.54) is 21.0 Å². The van der Waals surface area contributed by atoms with Crippen molar-refractivity contribution >= 4 is 17.6 Å². The van der Waals surface area contributed by atoms with Gasteiger partial charge in [-0.3, -0.25) is 14.4 Å². The van der Waals surface area contributed by atoms with Crippen molar-refractivity contribution in [2.24, 2.45) is 0 Å². The molecule has 1 atom stereocenters. The molecule has 0 spiro atoms. The van der Waals surface area contributed by atoms with E-state index in [4.69, 9.17) is 14.9 Å². The number of carbonyl (C=O) groups excluding carboxylic acids is 3. The number of nitrogens with one attached hydrogen (secondary N) is 1. The molecule has 0 aliphatic heterocycles. The molecule has 186 valence electrons. The Bertz CT molecular complexity index is 1070. The van der Waals surface area contributed by atoms with Gasteiger partial charge < -0.3 is 30.3 Å². The highest BCUT2D eigenvalue weighted by molar-refractivity contribution is 6.14. The predicted octanol–water partition coefficient (Wildman–Crippen LogP) is 0.0943. The maximum absolute atomic E-state index is 12.9. The Morgan fingerprint density at radius 1 is 0.971 bits per heavy atom. The third-order valence-corrected chi connectivity index (χ3v) is 5.66. The lowest BCUT2D eigenvalue weighted by Gasteiger charge is -2.35. The minimum atomic E-state index is -1.85. The van der Waals surface area contributed by atoms with E-state index in [0.717, 1.165) is 16.0 Å². The van der Waals surface area contributed by atoms with Gasteiger partial charge in [0.05, 0.1) is 19.8 Å². The number of aliphatic hydroxyl groups is 3. The molecule has 9 nitrogen and oxygen atoms in total. The number of rotatable bonds is 10. The van der Waals surface area contributed by atoms with Crippen LogP contribution in [0, 0.1) is 11.8 Å². The first-order chi connectivity index (χ1) is 16.7. The first kappa shape index (κ1) is 27.7. The molecule has 0 saturated heterocycles. The van der Waals surface area contributed by atoms with Gasteiger partial charge in [-0.05, 0) is 48.9 Å². The van der Waals surface area contributed by atoms with Crippen LogP contribution in [-0.4, -0.2) is 83.4 Å². The maximum Gasteiger partial charge on any atom is 0.254 e. The lowest BCUT2D eigenvalue weighted by Crippen LogP contribution is -2.62. The predicted molar refractivity (Wildman–Crippen MR) is 128 cm³/mol. The van der Waals surface area contributed by atoms with Crippen LogP contribution in [0.1, 0.15) is 34.0 Å². The number of nitrogens with zero attached hydrogens (tertiary/aromatic N) is 1. The van der Waals surface area contributed by atoms with Crippen molar-refractivity contribution in [2.45, 2.75) is 25.2 Å². The van der Waals surface area contributed by atoms with E-state index in [1.807, 2.05) is 24.3 Å². The van der Waals surface area contributed by atoms with E-state index in [9.17, 15) is 19.5 Å². The Morgan fingerprint density at radius 2 is 1.49 bits per heavy atom. The number of amides is 2. The molecule has 0 heterocycles. The first-order valence-electron chi connectivity index (χ1n) is 10.9. The molecule has 0 fully saturated rings.